The number of aromatic amines is 1. The molecular formula is C18H18N6O3. The maximum Gasteiger partial charge on any atom is 0.264 e. The molecule has 0 aliphatic heterocycles. The molecule has 0 bridgehead atoms. The van der Waals surface area contributed by atoms with Crippen LogP contribution in [0.3, 0.4) is 0 Å². The van der Waals surface area contributed by atoms with Crippen molar-refractivity contribution in [3.05, 3.63) is 69.8 Å². The lowest BCUT2D eigenvalue weighted by Crippen LogP contribution is -2.27. The van der Waals surface area contributed by atoms with Crippen LogP contribution >= 0.6 is 0 Å². The number of benzene rings is 1. The number of anilines is 1. The smallest absolute Gasteiger partial charge is 0.264 e. The minimum atomic E-state index is -0.324. The van der Waals surface area contributed by atoms with E-state index in [4.69, 9.17) is 0 Å². The van der Waals surface area contributed by atoms with Crippen LogP contribution in [-0.4, -0.2) is 45.9 Å². The summed E-state index contributed by atoms with van der Waals surface area (Å²) in [5.74, 6) is -0.113. The molecule has 2 heterocycles. The summed E-state index contributed by atoms with van der Waals surface area (Å²) in [5, 5.41) is 13.0. The molecule has 9 heteroatoms. The summed E-state index contributed by atoms with van der Waals surface area (Å²) >= 11 is 0. The van der Waals surface area contributed by atoms with E-state index in [0.29, 0.717) is 28.3 Å². The number of H-pyrrole nitrogens is 1. The van der Waals surface area contributed by atoms with Crippen LogP contribution < -0.4 is 15.8 Å². The van der Waals surface area contributed by atoms with E-state index in [1.165, 1.54) is 27.9 Å². The monoisotopic (exact) mass is 366 g/mol. The highest BCUT2D eigenvalue weighted by Crippen LogP contribution is 2.20. The molecule has 0 aliphatic rings. The lowest BCUT2D eigenvalue weighted by Gasteiger charge is -2.18. The van der Waals surface area contributed by atoms with E-state index in [0.717, 1.165) is 0 Å². The lowest BCUT2D eigenvalue weighted by molar-refractivity contribution is 0.0959. The molecule has 1 aromatic carbocycles. The summed E-state index contributed by atoms with van der Waals surface area (Å²) in [6.45, 7) is 1.74. The molecule has 138 valence electrons. The molecule has 0 saturated carbocycles. The largest absolute Gasteiger partial charge is 0.355 e. The molecular weight excluding hydrogens is 348 g/mol. The van der Waals surface area contributed by atoms with E-state index in [2.05, 4.69) is 20.6 Å². The Kier molecular flexibility index (Phi) is 4.84. The highest BCUT2D eigenvalue weighted by molar-refractivity contribution is 6.07. The Balaban J connectivity index is 1.91. The first-order valence-electron chi connectivity index (χ1n) is 8.13. The Morgan fingerprint density at radius 1 is 1.22 bits per heavy atom. The van der Waals surface area contributed by atoms with E-state index in [-0.39, 0.29) is 17.4 Å². The van der Waals surface area contributed by atoms with E-state index in [9.17, 15) is 14.4 Å². The SMILES string of the molecule is CNC(=O)c1cccc(N(C)C(=O)c2cnn(-c3ccc(=O)[nH]n3)c2C)c1. The van der Waals surface area contributed by atoms with Crippen LogP contribution in [0.25, 0.3) is 5.82 Å². The van der Waals surface area contributed by atoms with Crippen molar-refractivity contribution in [2.24, 2.45) is 0 Å². The molecule has 2 N–H and O–H groups in total. The van der Waals surface area contributed by atoms with Gasteiger partial charge < -0.3 is 10.2 Å². The number of amides is 2. The number of carbonyl (C=O) groups excluding carboxylic acids is 2. The van der Waals surface area contributed by atoms with Crippen LogP contribution in [0.5, 0.6) is 0 Å². The molecule has 2 amide bonds. The Morgan fingerprint density at radius 3 is 2.67 bits per heavy atom. The van der Waals surface area contributed by atoms with E-state index in [1.807, 2.05) is 0 Å². The zero-order chi connectivity index (χ0) is 19.6. The van der Waals surface area contributed by atoms with Crippen LogP contribution in [0, 0.1) is 6.92 Å². The van der Waals surface area contributed by atoms with Crippen molar-refractivity contribution in [3.8, 4) is 5.82 Å². The first kappa shape index (κ1) is 18.1. The van der Waals surface area contributed by atoms with Gasteiger partial charge in [0.2, 0.25) is 0 Å². The second-order valence-corrected chi connectivity index (χ2v) is 5.83. The molecule has 0 radical (unpaired) electrons. The topological polar surface area (TPSA) is 113 Å². The average Bonchev–Trinajstić information content (AvgIpc) is 3.08. The van der Waals surface area contributed by atoms with Crippen LogP contribution in [0.4, 0.5) is 5.69 Å². The maximum atomic E-state index is 12.9. The minimum Gasteiger partial charge on any atom is -0.355 e. The van der Waals surface area contributed by atoms with Gasteiger partial charge in [0.05, 0.1) is 17.5 Å². The molecule has 0 spiro atoms. The summed E-state index contributed by atoms with van der Waals surface area (Å²) in [4.78, 5) is 37.3. The highest BCUT2D eigenvalue weighted by Gasteiger charge is 2.21. The van der Waals surface area contributed by atoms with Gasteiger partial charge in [-0.05, 0) is 31.2 Å². The van der Waals surface area contributed by atoms with Crippen molar-refractivity contribution in [2.75, 3.05) is 19.0 Å². The zero-order valence-corrected chi connectivity index (χ0v) is 15.1. The third kappa shape index (κ3) is 3.47. The van der Waals surface area contributed by atoms with Gasteiger partial charge in [0.15, 0.2) is 5.82 Å². The lowest BCUT2D eigenvalue weighted by atomic mass is 10.1. The highest BCUT2D eigenvalue weighted by atomic mass is 16.2. The third-order valence-electron chi connectivity index (χ3n) is 4.15. The molecule has 3 rings (SSSR count). The summed E-state index contributed by atoms with van der Waals surface area (Å²) in [6, 6.07) is 9.62. The van der Waals surface area contributed by atoms with Gasteiger partial charge in [0.25, 0.3) is 17.4 Å². The first-order valence-corrected chi connectivity index (χ1v) is 8.13. The fraction of sp³-hybridized carbons (Fsp3) is 0.167. The number of carbonyl (C=O) groups is 2. The molecule has 0 fully saturated rings. The number of nitrogens with zero attached hydrogens (tertiary/aromatic N) is 4. The first-order chi connectivity index (χ1) is 12.9. The van der Waals surface area contributed by atoms with Crippen LogP contribution in [0.2, 0.25) is 0 Å². The van der Waals surface area contributed by atoms with Gasteiger partial charge >= 0.3 is 0 Å². The second-order valence-electron chi connectivity index (χ2n) is 5.83. The fourth-order valence-corrected chi connectivity index (χ4v) is 2.60. The predicted octanol–water partition coefficient (Wildman–Crippen LogP) is 0.900. The third-order valence-corrected chi connectivity index (χ3v) is 4.15. The average molecular weight is 366 g/mol. The summed E-state index contributed by atoms with van der Waals surface area (Å²) in [5.41, 5.74) is 1.68. The number of hydrogen-bond acceptors (Lipinski definition) is 5. The molecule has 27 heavy (non-hydrogen) atoms. The predicted molar refractivity (Wildman–Crippen MR) is 99.3 cm³/mol. The van der Waals surface area contributed by atoms with Crippen molar-refractivity contribution in [1.29, 1.82) is 0 Å². The van der Waals surface area contributed by atoms with Gasteiger partial charge in [-0.1, -0.05) is 6.07 Å². The van der Waals surface area contributed by atoms with Crippen molar-refractivity contribution in [2.45, 2.75) is 6.92 Å². The Bertz CT molecular complexity index is 1050. The number of rotatable bonds is 4. The fourth-order valence-electron chi connectivity index (χ4n) is 2.60. The van der Waals surface area contributed by atoms with Crippen molar-refractivity contribution in [3.63, 3.8) is 0 Å². The molecule has 9 nitrogen and oxygen atoms in total. The van der Waals surface area contributed by atoms with Crippen LogP contribution in [-0.2, 0) is 0 Å². The molecule has 3 aromatic rings. The second kappa shape index (κ2) is 7.24. The summed E-state index contributed by atoms with van der Waals surface area (Å²) < 4.78 is 1.47. The van der Waals surface area contributed by atoms with Crippen molar-refractivity contribution in [1.82, 2.24) is 25.3 Å². The van der Waals surface area contributed by atoms with Gasteiger partial charge in [0.1, 0.15) is 0 Å². The Hall–Kier alpha value is -3.75. The molecule has 0 atom stereocenters. The zero-order valence-electron chi connectivity index (χ0n) is 15.1. The van der Waals surface area contributed by atoms with Crippen molar-refractivity contribution >= 4 is 17.5 Å². The summed E-state index contributed by atoms with van der Waals surface area (Å²) in [6.07, 6.45) is 1.45. The van der Waals surface area contributed by atoms with Gasteiger partial charge in [-0.3, -0.25) is 14.4 Å². The number of nitrogens with one attached hydrogen (secondary N) is 2. The van der Waals surface area contributed by atoms with E-state index >= 15 is 0 Å². The van der Waals surface area contributed by atoms with E-state index < -0.39 is 0 Å². The number of aromatic nitrogens is 4. The van der Waals surface area contributed by atoms with E-state index in [1.54, 1.807) is 45.3 Å². The quantitative estimate of drug-likeness (QED) is 0.712. The Labute approximate surface area is 154 Å². The van der Waals surface area contributed by atoms with Crippen molar-refractivity contribution < 1.29 is 9.59 Å². The van der Waals surface area contributed by atoms with Crippen LogP contribution in [0.15, 0.2) is 47.4 Å². The molecule has 0 saturated heterocycles. The van der Waals surface area contributed by atoms with Gasteiger partial charge in [-0.15, -0.1) is 0 Å². The molecule has 0 unspecified atom stereocenters. The standard InChI is InChI=1S/C18H18N6O3/c1-11-14(10-20-24(11)15-7-8-16(25)22-21-15)18(27)23(3)13-6-4-5-12(9-13)17(26)19-2/h4-10H,1-3H3,(H,19,26)(H,22,25). The normalized spacial score (nSPS) is 10.5. The summed E-state index contributed by atoms with van der Waals surface area (Å²) in [7, 11) is 3.17. The maximum absolute atomic E-state index is 12.9. The molecule has 2 aromatic heterocycles. The number of hydrogen-bond donors (Lipinski definition) is 2. The minimum absolute atomic E-state index is 0.231. The van der Waals surface area contributed by atoms with Gasteiger partial charge in [0, 0.05) is 31.4 Å². The van der Waals surface area contributed by atoms with Crippen LogP contribution in [0.1, 0.15) is 26.4 Å². The Morgan fingerprint density at radius 2 is 2.00 bits per heavy atom. The van der Waals surface area contributed by atoms with Gasteiger partial charge in [-0.2, -0.15) is 10.2 Å². The molecule has 0 aliphatic carbocycles. The van der Waals surface area contributed by atoms with Gasteiger partial charge in [-0.25, -0.2) is 9.78 Å².